The van der Waals surface area contributed by atoms with Crippen molar-refractivity contribution >= 4 is 120 Å². The Labute approximate surface area is 419 Å². The van der Waals surface area contributed by atoms with Crippen LogP contribution >= 0.6 is 0 Å². The molecule has 30 heteroatoms. The first kappa shape index (κ1) is 51.9. The van der Waals surface area contributed by atoms with Crippen LogP contribution in [0.5, 0.6) is 23.0 Å². The van der Waals surface area contributed by atoms with E-state index in [0.29, 0.717) is 17.3 Å². The van der Waals surface area contributed by atoms with Crippen molar-refractivity contribution in [3.8, 4) is 23.0 Å². The van der Waals surface area contributed by atoms with Gasteiger partial charge in [0.1, 0.15) is 69.1 Å². The van der Waals surface area contributed by atoms with E-state index in [9.17, 15) is 62.1 Å². The zero-order valence-corrected chi connectivity index (χ0v) is 41.0. The molecule has 7 aromatic carbocycles. The van der Waals surface area contributed by atoms with E-state index < -0.39 is 77.2 Å². The molecule has 1 heterocycles. The van der Waals surface area contributed by atoms with Crippen LogP contribution in [0, 0.1) is 6.92 Å². The summed E-state index contributed by atoms with van der Waals surface area (Å²) in [6, 6.07) is 22.6. The molecule has 5 N–H and O–H groups in total. The van der Waals surface area contributed by atoms with Crippen molar-refractivity contribution in [2.24, 2.45) is 20.5 Å². The molecule has 0 atom stereocenters. The highest BCUT2D eigenvalue weighted by atomic mass is 32.2. The summed E-state index contributed by atoms with van der Waals surface area (Å²) in [5.74, 6) is -1.74. The molecule has 74 heavy (non-hydrogen) atoms. The molecule has 1 aromatic heterocycles. The van der Waals surface area contributed by atoms with Crippen LogP contribution in [0.4, 0.5) is 57.7 Å². The SMILES string of the molecule is COc1ccc(S(=O)(=O)[O-])cc1N=Nc1c(S(=O)(=O)[O-])cc2cc(Nc3nc(Nc4ccccc4)nc(Nc4cc(C)c(N=Nc5cc(S(=O)(=O)[O-])cc6cc(S(=O)(=O)[O-])cc(O)c56)cc4OC)n3)ccc2c1O. The average molecular weight is 1090 g/mol. The third-order valence-corrected chi connectivity index (χ3v) is 13.8. The Morgan fingerprint density at radius 3 is 1.69 bits per heavy atom. The van der Waals surface area contributed by atoms with Crippen LogP contribution in [0.1, 0.15) is 5.56 Å². The van der Waals surface area contributed by atoms with Gasteiger partial charge >= 0.3 is 0 Å². The second-order valence-electron chi connectivity index (χ2n) is 15.4. The first-order chi connectivity index (χ1) is 34.8. The third kappa shape index (κ3) is 11.4. The Balaban J connectivity index is 1.14. The van der Waals surface area contributed by atoms with Gasteiger partial charge in [-0.2, -0.15) is 20.1 Å². The fraction of sp³-hybridized carbons (Fsp3) is 0.0682. The number of para-hydroxylation sites is 1. The molecule has 0 radical (unpaired) electrons. The van der Waals surface area contributed by atoms with Crippen LogP contribution < -0.4 is 25.4 Å². The number of ether oxygens (including phenoxy) is 2. The topological polar surface area (TPSA) is 412 Å². The first-order valence-electron chi connectivity index (χ1n) is 20.6. The van der Waals surface area contributed by atoms with Crippen LogP contribution in [-0.2, 0) is 40.5 Å². The number of fused-ring (bicyclic) bond motifs is 2. The number of benzene rings is 7. The minimum atomic E-state index is -5.39. The molecule has 0 aliphatic rings. The number of anilines is 6. The van der Waals surface area contributed by atoms with Gasteiger partial charge in [0.15, 0.2) is 5.75 Å². The fourth-order valence-corrected chi connectivity index (χ4v) is 9.30. The largest absolute Gasteiger partial charge is 0.744 e. The van der Waals surface area contributed by atoms with E-state index in [0.717, 1.165) is 42.5 Å². The van der Waals surface area contributed by atoms with E-state index >= 15 is 0 Å². The minimum absolute atomic E-state index is 0.00160. The van der Waals surface area contributed by atoms with E-state index in [2.05, 4.69) is 51.4 Å². The van der Waals surface area contributed by atoms with Crippen molar-refractivity contribution in [3.05, 3.63) is 115 Å². The van der Waals surface area contributed by atoms with E-state index in [4.69, 9.17) is 9.47 Å². The normalized spacial score (nSPS) is 12.4. The average Bonchev–Trinajstić information content (AvgIpc) is 3.32. The Morgan fingerprint density at radius 2 is 1.08 bits per heavy atom. The number of aryl methyl sites for hydroxylation is 1. The maximum absolute atomic E-state index is 12.6. The highest BCUT2D eigenvalue weighted by molar-refractivity contribution is 7.86. The maximum Gasteiger partial charge on any atom is 0.233 e. The summed E-state index contributed by atoms with van der Waals surface area (Å²) in [4.78, 5) is 9.96. The summed E-state index contributed by atoms with van der Waals surface area (Å²) in [5.41, 5.74) is 0.0174. The molecule has 0 spiro atoms. The Hall–Kier alpha value is -8.49. The van der Waals surface area contributed by atoms with Gasteiger partial charge in [-0.05, 0) is 108 Å². The number of hydrogen-bond acceptors (Lipinski definition) is 26. The molecule has 8 aromatic rings. The molecule has 8 rings (SSSR count). The Morgan fingerprint density at radius 1 is 0.514 bits per heavy atom. The molecule has 382 valence electrons. The predicted molar refractivity (Wildman–Crippen MR) is 258 cm³/mol. The zero-order chi connectivity index (χ0) is 53.5. The number of azo groups is 2. The molecule has 0 fully saturated rings. The summed E-state index contributed by atoms with van der Waals surface area (Å²) < 4.78 is 155. The Kier molecular flexibility index (Phi) is 13.9. The number of methoxy groups -OCH3 is 2. The van der Waals surface area contributed by atoms with Gasteiger partial charge in [-0.15, -0.1) is 15.3 Å². The van der Waals surface area contributed by atoms with E-state index in [1.807, 2.05) is 0 Å². The number of rotatable bonds is 16. The molecule has 0 saturated heterocycles. The monoisotopic (exact) mass is 1080 g/mol. The van der Waals surface area contributed by atoms with Gasteiger partial charge in [0, 0.05) is 22.8 Å². The van der Waals surface area contributed by atoms with Crippen LogP contribution in [0.3, 0.4) is 0 Å². The summed E-state index contributed by atoms with van der Waals surface area (Å²) in [5, 5.41) is 46.4. The van der Waals surface area contributed by atoms with Gasteiger partial charge < -0.3 is 53.8 Å². The standard InChI is InChI=1S/C44H36N10O16S4/c1-22-13-32(37(70-3)21-31(22)51-53-34-19-28(72(60,61)62)15-24-16-29(73(63,64)65)20-35(55)39(24)34)47-44-49-42(45-25-7-5-4-6-8-25)48-43(50-44)46-26-9-11-30-23(14-26)17-38(74(66,67)68)40(41(30)56)54-52-33-18-27(71(57,58)59)10-12-36(33)69-2/h4-21,55-56H,1-3H3,(H,57,58,59)(H,60,61,62)(H,63,64,65)(H,66,67,68)(H3,45,46,47,48,49,50)/p-4. The van der Waals surface area contributed by atoms with Gasteiger partial charge in [-0.25, -0.2) is 33.7 Å². The number of nitrogens with zero attached hydrogens (tertiary/aromatic N) is 7. The number of nitrogens with one attached hydrogen (secondary N) is 3. The number of hydrogen-bond donors (Lipinski definition) is 5. The van der Waals surface area contributed by atoms with Gasteiger partial charge in [0.05, 0.1) is 56.2 Å². The molecule has 0 aliphatic heterocycles. The molecule has 0 bridgehead atoms. The first-order valence-corrected chi connectivity index (χ1v) is 26.2. The number of aromatic nitrogens is 3. The van der Waals surface area contributed by atoms with Crippen molar-refractivity contribution in [2.45, 2.75) is 26.5 Å². The molecule has 0 amide bonds. The lowest BCUT2D eigenvalue weighted by atomic mass is 10.1. The Bertz CT molecular complexity index is 4130. The van der Waals surface area contributed by atoms with Crippen LogP contribution in [0.2, 0.25) is 0 Å². The summed E-state index contributed by atoms with van der Waals surface area (Å²) >= 11 is 0. The lowest BCUT2D eigenvalue weighted by molar-refractivity contribution is 0.415. The number of phenolic OH excluding ortho intramolecular Hbond substituents is 2. The van der Waals surface area contributed by atoms with Gasteiger partial charge in [0.2, 0.25) is 17.8 Å². The lowest BCUT2D eigenvalue weighted by Gasteiger charge is -2.16. The van der Waals surface area contributed by atoms with Crippen molar-refractivity contribution in [2.75, 3.05) is 30.2 Å². The van der Waals surface area contributed by atoms with Gasteiger partial charge in [0.25, 0.3) is 0 Å². The highest BCUT2D eigenvalue weighted by Crippen LogP contribution is 2.44. The molecule has 0 saturated carbocycles. The van der Waals surface area contributed by atoms with Crippen molar-refractivity contribution < 1.29 is 71.6 Å². The summed E-state index contributed by atoms with van der Waals surface area (Å²) in [6.45, 7) is 1.61. The van der Waals surface area contributed by atoms with Gasteiger partial charge in [-0.1, -0.05) is 18.2 Å². The second-order valence-corrected chi connectivity index (χ2v) is 20.9. The second kappa shape index (κ2) is 19.8. The van der Waals surface area contributed by atoms with Crippen molar-refractivity contribution in [1.29, 1.82) is 0 Å². The lowest BCUT2D eigenvalue weighted by Crippen LogP contribution is -2.08. The maximum atomic E-state index is 12.6. The molecule has 0 aliphatic carbocycles. The summed E-state index contributed by atoms with van der Waals surface area (Å²) in [7, 11) is -18.1. The summed E-state index contributed by atoms with van der Waals surface area (Å²) in [6.07, 6.45) is 0. The highest BCUT2D eigenvalue weighted by Gasteiger charge is 2.21. The number of phenols is 2. The molecule has 26 nitrogen and oxygen atoms in total. The molecule has 0 unspecified atom stereocenters. The van der Waals surface area contributed by atoms with Crippen molar-refractivity contribution in [3.63, 3.8) is 0 Å². The minimum Gasteiger partial charge on any atom is -0.744 e. The number of aromatic hydroxyl groups is 2. The predicted octanol–water partition coefficient (Wildman–Crippen LogP) is 7.59. The zero-order valence-electron chi connectivity index (χ0n) is 37.8. The van der Waals surface area contributed by atoms with E-state index in [1.165, 1.54) is 38.5 Å². The van der Waals surface area contributed by atoms with Gasteiger partial charge in [-0.3, -0.25) is 0 Å². The smallest absolute Gasteiger partial charge is 0.233 e. The third-order valence-electron chi connectivity index (χ3n) is 10.5. The molecular formula is C44H32N10O16S4-4. The quantitative estimate of drug-likeness (QED) is 0.0459. The van der Waals surface area contributed by atoms with E-state index in [-0.39, 0.29) is 79.3 Å². The fourth-order valence-electron chi connectivity index (χ4n) is 7.11. The van der Waals surface area contributed by atoms with E-state index in [1.54, 1.807) is 43.3 Å². The van der Waals surface area contributed by atoms with Crippen LogP contribution in [0.25, 0.3) is 21.5 Å². The van der Waals surface area contributed by atoms with Crippen LogP contribution in [-0.4, -0.2) is 91.3 Å². The van der Waals surface area contributed by atoms with Crippen LogP contribution in [0.15, 0.2) is 149 Å². The molecular weight excluding hydrogens is 1050 g/mol. The van der Waals surface area contributed by atoms with Crippen molar-refractivity contribution in [1.82, 2.24) is 15.0 Å².